The molecule has 7 heteroatoms. The highest BCUT2D eigenvalue weighted by Crippen LogP contribution is 2.33. The van der Waals surface area contributed by atoms with Crippen LogP contribution in [0.25, 0.3) is 0 Å². The molecule has 1 aromatic rings. The first-order chi connectivity index (χ1) is 10.8. The predicted molar refractivity (Wildman–Crippen MR) is 81.4 cm³/mol. The van der Waals surface area contributed by atoms with Gasteiger partial charge in [-0.3, -0.25) is 9.59 Å². The quantitative estimate of drug-likeness (QED) is 0.771. The van der Waals surface area contributed by atoms with Gasteiger partial charge in [0, 0.05) is 12.1 Å². The summed E-state index contributed by atoms with van der Waals surface area (Å²) < 4.78 is 13.3. The molecule has 2 rings (SSSR count). The molecule has 1 aromatic carbocycles. The Bertz CT molecular complexity index is 645. The van der Waals surface area contributed by atoms with Crippen molar-refractivity contribution in [2.24, 2.45) is 5.92 Å². The van der Waals surface area contributed by atoms with Gasteiger partial charge in [0.05, 0.1) is 5.92 Å². The van der Waals surface area contributed by atoms with Gasteiger partial charge in [-0.05, 0) is 30.0 Å². The Balaban J connectivity index is 2.22. The molecule has 0 aliphatic carbocycles. The van der Waals surface area contributed by atoms with Gasteiger partial charge < -0.3 is 15.7 Å². The fraction of sp³-hybridized carbons (Fsp3) is 0.438. The fourth-order valence-electron chi connectivity index (χ4n) is 2.64. The minimum Gasteiger partial charge on any atom is -0.480 e. The minimum atomic E-state index is -1.12. The molecule has 1 heterocycles. The molecule has 0 saturated heterocycles. The van der Waals surface area contributed by atoms with Crippen molar-refractivity contribution in [3.8, 4) is 0 Å². The zero-order valence-corrected chi connectivity index (χ0v) is 12.9. The number of halogens is 1. The molecule has 0 spiro atoms. The summed E-state index contributed by atoms with van der Waals surface area (Å²) in [5, 5.41) is 14.2. The summed E-state index contributed by atoms with van der Waals surface area (Å²) in [6.45, 7) is 3.71. The number of carbonyl (C=O) groups excluding carboxylic acids is 2. The minimum absolute atomic E-state index is 0.0902. The van der Waals surface area contributed by atoms with E-state index in [1.807, 2.05) is 13.8 Å². The summed E-state index contributed by atoms with van der Waals surface area (Å²) in [5.41, 5.74) is 0.731. The first kappa shape index (κ1) is 16.9. The summed E-state index contributed by atoms with van der Waals surface area (Å²) in [4.78, 5) is 35.4. The summed E-state index contributed by atoms with van der Waals surface area (Å²) in [6.07, 6.45) is 0.189. The van der Waals surface area contributed by atoms with Crippen LogP contribution in [0.3, 0.4) is 0 Å². The van der Waals surface area contributed by atoms with Crippen LogP contribution in [0.15, 0.2) is 18.2 Å². The number of rotatable bonds is 5. The van der Waals surface area contributed by atoms with Crippen LogP contribution in [-0.2, 0) is 14.4 Å². The Morgan fingerprint density at radius 2 is 2.13 bits per heavy atom. The Labute approximate surface area is 133 Å². The number of nitrogens with one attached hydrogen (secondary N) is 2. The van der Waals surface area contributed by atoms with E-state index in [2.05, 4.69) is 10.6 Å². The topological polar surface area (TPSA) is 95.5 Å². The number of aliphatic carboxylic acids is 1. The lowest BCUT2D eigenvalue weighted by molar-refractivity contribution is -0.142. The molecule has 2 atom stereocenters. The second-order valence-corrected chi connectivity index (χ2v) is 6.07. The number of hydrogen-bond acceptors (Lipinski definition) is 3. The van der Waals surface area contributed by atoms with Gasteiger partial charge in [0.1, 0.15) is 11.9 Å². The highest BCUT2D eigenvalue weighted by Gasteiger charge is 2.33. The largest absolute Gasteiger partial charge is 0.480 e. The van der Waals surface area contributed by atoms with E-state index in [4.69, 9.17) is 0 Å². The molecule has 0 fully saturated rings. The monoisotopic (exact) mass is 322 g/mol. The molecule has 124 valence electrons. The third-order valence-electron chi connectivity index (χ3n) is 3.69. The average molecular weight is 322 g/mol. The Morgan fingerprint density at radius 3 is 2.74 bits per heavy atom. The predicted octanol–water partition coefficient (Wildman–Crippen LogP) is 1.87. The number of anilines is 1. The molecule has 0 bridgehead atoms. The van der Waals surface area contributed by atoms with E-state index in [-0.39, 0.29) is 24.4 Å². The highest BCUT2D eigenvalue weighted by molar-refractivity contribution is 6.01. The van der Waals surface area contributed by atoms with Gasteiger partial charge in [-0.2, -0.15) is 0 Å². The smallest absolute Gasteiger partial charge is 0.326 e. The van der Waals surface area contributed by atoms with Gasteiger partial charge in [-0.1, -0.05) is 19.9 Å². The van der Waals surface area contributed by atoms with Gasteiger partial charge in [0.2, 0.25) is 11.8 Å². The molecule has 2 amide bonds. The van der Waals surface area contributed by atoms with Crippen LogP contribution >= 0.6 is 0 Å². The van der Waals surface area contributed by atoms with Gasteiger partial charge in [0.15, 0.2) is 0 Å². The van der Waals surface area contributed by atoms with Crippen molar-refractivity contribution in [1.29, 1.82) is 0 Å². The first-order valence-corrected chi connectivity index (χ1v) is 7.40. The van der Waals surface area contributed by atoms with Gasteiger partial charge >= 0.3 is 5.97 Å². The molecule has 1 aliphatic rings. The van der Waals surface area contributed by atoms with Crippen molar-refractivity contribution < 1.29 is 23.9 Å². The van der Waals surface area contributed by atoms with Crippen LogP contribution in [0.4, 0.5) is 10.1 Å². The van der Waals surface area contributed by atoms with Crippen molar-refractivity contribution >= 4 is 23.5 Å². The maximum absolute atomic E-state index is 13.3. The molecule has 2 unspecified atom stereocenters. The SMILES string of the molecule is CC(C)CC(NC(=O)C1CC(=O)Nc2cc(F)ccc21)C(=O)O. The van der Waals surface area contributed by atoms with E-state index in [9.17, 15) is 23.9 Å². The number of carboxylic acid groups (broad SMARTS) is 1. The van der Waals surface area contributed by atoms with Crippen LogP contribution in [0.5, 0.6) is 0 Å². The van der Waals surface area contributed by atoms with Crippen molar-refractivity contribution in [2.45, 2.75) is 38.6 Å². The molecule has 0 saturated carbocycles. The van der Waals surface area contributed by atoms with Crippen molar-refractivity contribution in [3.05, 3.63) is 29.6 Å². The van der Waals surface area contributed by atoms with Gasteiger partial charge in [-0.25, -0.2) is 9.18 Å². The molecule has 3 N–H and O–H groups in total. The normalized spacial score (nSPS) is 18.1. The molecule has 0 aromatic heterocycles. The third kappa shape index (κ3) is 4.06. The zero-order valence-electron chi connectivity index (χ0n) is 12.9. The van der Waals surface area contributed by atoms with Crippen LogP contribution in [0, 0.1) is 11.7 Å². The van der Waals surface area contributed by atoms with Crippen molar-refractivity contribution in [1.82, 2.24) is 5.32 Å². The molecule has 23 heavy (non-hydrogen) atoms. The second-order valence-electron chi connectivity index (χ2n) is 6.07. The number of carboxylic acids is 1. The van der Waals surface area contributed by atoms with Crippen molar-refractivity contribution in [2.75, 3.05) is 5.32 Å². The number of benzene rings is 1. The lowest BCUT2D eigenvalue weighted by Gasteiger charge is -2.26. The molecule has 0 radical (unpaired) electrons. The maximum Gasteiger partial charge on any atom is 0.326 e. The molecular formula is C16H19FN2O4. The first-order valence-electron chi connectivity index (χ1n) is 7.40. The van der Waals surface area contributed by atoms with E-state index in [0.29, 0.717) is 5.56 Å². The van der Waals surface area contributed by atoms with Crippen LogP contribution < -0.4 is 10.6 Å². The highest BCUT2D eigenvalue weighted by atomic mass is 19.1. The number of carbonyl (C=O) groups is 3. The van der Waals surface area contributed by atoms with E-state index in [0.717, 1.165) is 6.07 Å². The Morgan fingerprint density at radius 1 is 1.43 bits per heavy atom. The third-order valence-corrected chi connectivity index (χ3v) is 3.69. The summed E-state index contributed by atoms with van der Waals surface area (Å²) in [7, 11) is 0. The van der Waals surface area contributed by atoms with E-state index in [1.54, 1.807) is 0 Å². The Kier molecular flexibility index (Phi) is 4.98. The molecular weight excluding hydrogens is 303 g/mol. The van der Waals surface area contributed by atoms with Crippen molar-refractivity contribution in [3.63, 3.8) is 0 Å². The van der Waals surface area contributed by atoms with Gasteiger partial charge in [-0.15, -0.1) is 0 Å². The standard InChI is InChI=1S/C16H19FN2O4/c1-8(2)5-13(16(22)23)19-15(21)11-7-14(20)18-12-6-9(17)3-4-10(11)12/h3-4,6,8,11,13H,5,7H2,1-2H3,(H,18,20)(H,19,21)(H,22,23). The van der Waals surface area contributed by atoms with Crippen LogP contribution in [0.1, 0.15) is 38.2 Å². The second kappa shape index (κ2) is 6.76. The molecule has 1 aliphatic heterocycles. The van der Waals surface area contributed by atoms with E-state index >= 15 is 0 Å². The number of hydrogen-bond donors (Lipinski definition) is 3. The summed E-state index contributed by atoms with van der Waals surface area (Å²) in [6, 6.07) is 2.78. The fourth-order valence-corrected chi connectivity index (χ4v) is 2.64. The lowest BCUT2D eigenvalue weighted by Crippen LogP contribution is -2.45. The average Bonchev–Trinajstić information content (AvgIpc) is 2.44. The number of amides is 2. The maximum atomic E-state index is 13.3. The summed E-state index contributed by atoms with van der Waals surface area (Å²) >= 11 is 0. The molecule has 6 nitrogen and oxygen atoms in total. The summed E-state index contributed by atoms with van der Waals surface area (Å²) in [5.74, 6) is -3.32. The van der Waals surface area contributed by atoms with Crippen LogP contribution in [-0.4, -0.2) is 28.9 Å². The van der Waals surface area contributed by atoms with E-state index in [1.165, 1.54) is 12.1 Å². The van der Waals surface area contributed by atoms with E-state index < -0.39 is 35.6 Å². The van der Waals surface area contributed by atoms with Gasteiger partial charge in [0.25, 0.3) is 0 Å². The Hall–Kier alpha value is -2.44. The number of fused-ring (bicyclic) bond motifs is 1. The lowest BCUT2D eigenvalue weighted by atomic mass is 9.89. The zero-order chi connectivity index (χ0) is 17.1. The van der Waals surface area contributed by atoms with Crippen LogP contribution in [0.2, 0.25) is 0 Å².